The van der Waals surface area contributed by atoms with Crippen molar-refractivity contribution >= 4 is 5.71 Å². The Labute approximate surface area is 160 Å². The van der Waals surface area contributed by atoms with Crippen molar-refractivity contribution in [1.82, 2.24) is 4.90 Å². The molecule has 3 atom stereocenters. The van der Waals surface area contributed by atoms with Crippen molar-refractivity contribution in [3.05, 3.63) is 108 Å². The van der Waals surface area contributed by atoms with Crippen LogP contribution >= 0.6 is 0 Å². The summed E-state index contributed by atoms with van der Waals surface area (Å²) in [6.45, 7) is 0. The summed E-state index contributed by atoms with van der Waals surface area (Å²) >= 11 is 0. The molecule has 3 aromatic rings. The molecule has 0 radical (unpaired) electrons. The highest BCUT2D eigenvalue weighted by molar-refractivity contribution is 5.93. The van der Waals surface area contributed by atoms with Gasteiger partial charge in [-0.2, -0.15) is 0 Å². The zero-order chi connectivity index (χ0) is 18.6. The van der Waals surface area contributed by atoms with E-state index in [4.69, 9.17) is 0 Å². The zero-order valence-electron chi connectivity index (χ0n) is 15.4. The Morgan fingerprint density at radius 2 is 1.22 bits per heavy atom. The summed E-state index contributed by atoms with van der Waals surface area (Å²) in [4.78, 5) is 2.43. The number of oxime groups is 1. The standard InChI is InChI=1S/C24H24N2O/c1-26-22(18-11-5-2-6-12-18)17-21(25-27)23(19-13-7-3-8-14-19)24(26)20-15-9-4-10-16-20/h2-16,22-24,27H,17H2,1H3. The second-order valence-electron chi connectivity index (χ2n) is 7.13. The van der Waals surface area contributed by atoms with Crippen molar-refractivity contribution in [2.45, 2.75) is 24.4 Å². The van der Waals surface area contributed by atoms with E-state index < -0.39 is 0 Å². The molecule has 3 aromatic carbocycles. The highest BCUT2D eigenvalue weighted by Crippen LogP contribution is 2.47. The van der Waals surface area contributed by atoms with Gasteiger partial charge in [-0.25, -0.2) is 0 Å². The lowest BCUT2D eigenvalue weighted by molar-refractivity contribution is 0.144. The van der Waals surface area contributed by atoms with E-state index in [0.717, 1.165) is 5.71 Å². The average Bonchev–Trinajstić information content (AvgIpc) is 2.75. The lowest BCUT2D eigenvalue weighted by Crippen LogP contribution is -2.42. The molecule has 136 valence electrons. The first-order valence-electron chi connectivity index (χ1n) is 9.37. The van der Waals surface area contributed by atoms with E-state index >= 15 is 0 Å². The van der Waals surface area contributed by atoms with Crippen LogP contribution in [0.15, 0.2) is 96.2 Å². The summed E-state index contributed by atoms with van der Waals surface area (Å²) in [5, 5.41) is 13.7. The lowest BCUT2D eigenvalue weighted by Gasteiger charge is -2.45. The molecule has 3 unspecified atom stereocenters. The molecule has 1 heterocycles. The number of likely N-dealkylation sites (N-methyl/N-ethyl adjacent to an activating group) is 1. The van der Waals surface area contributed by atoms with Crippen LogP contribution in [0.1, 0.15) is 41.1 Å². The monoisotopic (exact) mass is 356 g/mol. The van der Waals surface area contributed by atoms with E-state index in [9.17, 15) is 5.21 Å². The van der Waals surface area contributed by atoms with Gasteiger partial charge in [0.15, 0.2) is 0 Å². The van der Waals surface area contributed by atoms with Gasteiger partial charge in [0.05, 0.1) is 5.71 Å². The highest BCUT2D eigenvalue weighted by atomic mass is 16.4. The molecule has 3 heteroatoms. The maximum absolute atomic E-state index is 9.91. The first-order chi connectivity index (χ1) is 13.3. The fraction of sp³-hybridized carbons (Fsp3) is 0.208. The van der Waals surface area contributed by atoms with E-state index in [1.54, 1.807) is 0 Å². The molecule has 0 amide bonds. The normalized spacial score (nSPS) is 24.8. The summed E-state index contributed by atoms with van der Waals surface area (Å²) in [5.41, 5.74) is 4.49. The molecule has 1 saturated heterocycles. The number of rotatable bonds is 3. The molecular weight excluding hydrogens is 332 g/mol. The van der Waals surface area contributed by atoms with Crippen molar-refractivity contribution in [2.75, 3.05) is 7.05 Å². The Hall–Kier alpha value is -2.91. The van der Waals surface area contributed by atoms with Gasteiger partial charge in [-0.3, -0.25) is 4.90 Å². The smallest absolute Gasteiger partial charge is 0.0683 e. The number of nitrogens with zero attached hydrogens (tertiary/aromatic N) is 2. The van der Waals surface area contributed by atoms with Crippen LogP contribution in [0.3, 0.4) is 0 Å². The molecule has 0 aromatic heterocycles. The number of likely N-dealkylation sites (tertiary alicyclic amines) is 1. The van der Waals surface area contributed by atoms with Crippen LogP contribution in [0.2, 0.25) is 0 Å². The Bertz CT molecular complexity index is 893. The molecule has 1 N–H and O–H groups in total. The minimum absolute atomic E-state index is 0.0172. The number of benzene rings is 3. The fourth-order valence-electron chi connectivity index (χ4n) is 4.32. The predicted octanol–water partition coefficient (Wildman–Crippen LogP) is 5.42. The molecule has 1 fully saturated rings. The van der Waals surface area contributed by atoms with E-state index in [-0.39, 0.29) is 18.0 Å². The van der Waals surface area contributed by atoms with Crippen molar-refractivity contribution < 1.29 is 5.21 Å². The van der Waals surface area contributed by atoms with Gasteiger partial charge >= 0.3 is 0 Å². The minimum atomic E-state index is 0.0172. The Kier molecular flexibility index (Phi) is 5.03. The minimum Gasteiger partial charge on any atom is -0.411 e. The van der Waals surface area contributed by atoms with Gasteiger partial charge in [0.25, 0.3) is 0 Å². The van der Waals surface area contributed by atoms with Crippen molar-refractivity contribution in [1.29, 1.82) is 0 Å². The molecule has 0 aliphatic carbocycles. The van der Waals surface area contributed by atoms with Gasteiger partial charge in [0.1, 0.15) is 0 Å². The first-order valence-corrected chi connectivity index (χ1v) is 9.37. The lowest BCUT2D eigenvalue weighted by atomic mass is 9.75. The number of hydrogen-bond acceptors (Lipinski definition) is 3. The molecule has 3 nitrogen and oxygen atoms in total. The zero-order valence-corrected chi connectivity index (χ0v) is 15.4. The molecule has 0 bridgehead atoms. The van der Waals surface area contributed by atoms with Crippen LogP contribution in [-0.4, -0.2) is 22.9 Å². The third kappa shape index (κ3) is 3.38. The van der Waals surface area contributed by atoms with Gasteiger partial charge in [-0.15, -0.1) is 0 Å². The second kappa shape index (κ2) is 7.77. The van der Waals surface area contributed by atoms with Gasteiger partial charge in [-0.1, -0.05) is 96.2 Å². The summed E-state index contributed by atoms with van der Waals surface area (Å²) in [5.74, 6) is 0.0172. The Balaban J connectivity index is 1.84. The first kappa shape index (κ1) is 17.5. The van der Waals surface area contributed by atoms with Crippen LogP contribution in [0.4, 0.5) is 0 Å². The summed E-state index contributed by atoms with van der Waals surface area (Å²) < 4.78 is 0. The topological polar surface area (TPSA) is 35.8 Å². The van der Waals surface area contributed by atoms with Gasteiger partial charge in [0.2, 0.25) is 0 Å². The molecule has 4 rings (SSSR count). The fourth-order valence-corrected chi connectivity index (χ4v) is 4.32. The van der Waals surface area contributed by atoms with Crippen molar-refractivity contribution in [3.63, 3.8) is 0 Å². The third-order valence-electron chi connectivity index (χ3n) is 5.62. The SMILES string of the molecule is CN1C(c2ccccc2)CC(=NO)C(c2ccccc2)C1c1ccccc1. The Morgan fingerprint density at radius 3 is 1.74 bits per heavy atom. The number of piperidine rings is 1. The summed E-state index contributed by atoms with van der Waals surface area (Å²) in [7, 11) is 2.18. The largest absolute Gasteiger partial charge is 0.411 e. The maximum Gasteiger partial charge on any atom is 0.0683 e. The van der Waals surface area contributed by atoms with Gasteiger partial charge < -0.3 is 5.21 Å². The van der Waals surface area contributed by atoms with Crippen LogP contribution in [0.25, 0.3) is 0 Å². The Morgan fingerprint density at radius 1 is 0.741 bits per heavy atom. The molecule has 0 saturated carbocycles. The predicted molar refractivity (Wildman–Crippen MR) is 109 cm³/mol. The van der Waals surface area contributed by atoms with Gasteiger partial charge in [-0.05, 0) is 23.7 Å². The van der Waals surface area contributed by atoms with E-state index in [0.29, 0.717) is 6.42 Å². The van der Waals surface area contributed by atoms with Crippen LogP contribution in [0.5, 0.6) is 0 Å². The quantitative estimate of drug-likeness (QED) is 0.502. The number of hydrogen-bond donors (Lipinski definition) is 1. The van der Waals surface area contributed by atoms with Crippen LogP contribution < -0.4 is 0 Å². The average molecular weight is 356 g/mol. The molecule has 0 spiro atoms. The van der Waals surface area contributed by atoms with Crippen molar-refractivity contribution in [3.8, 4) is 0 Å². The summed E-state index contributed by atoms with van der Waals surface area (Å²) in [6, 6.07) is 31.7. The maximum atomic E-state index is 9.91. The molecule has 27 heavy (non-hydrogen) atoms. The van der Waals surface area contributed by atoms with Crippen LogP contribution in [0, 0.1) is 0 Å². The van der Waals surface area contributed by atoms with E-state index in [1.165, 1.54) is 16.7 Å². The molecule has 1 aliphatic rings. The van der Waals surface area contributed by atoms with Gasteiger partial charge in [0, 0.05) is 24.4 Å². The molecular formula is C24H24N2O. The van der Waals surface area contributed by atoms with E-state index in [2.05, 4.69) is 89.9 Å². The third-order valence-corrected chi connectivity index (χ3v) is 5.62. The molecule has 1 aliphatic heterocycles. The summed E-state index contributed by atoms with van der Waals surface area (Å²) in [6.07, 6.45) is 0.708. The highest BCUT2D eigenvalue weighted by Gasteiger charge is 2.41. The van der Waals surface area contributed by atoms with Crippen LogP contribution in [-0.2, 0) is 0 Å². The van der Waals surface area contributed by atoms with Crippen molar-refractivity contribution in [2.24, 2.45) is 5.16 Å². The van der Waals surface area contributed by atoms with E-state index in [1.807, 2.05) is 18.2 Å². The second-order valence-corrected chi connectivity index (χ2v) is 7.13.